The zero-order valence-corrected chi connectivity index (χ0v) is 17.2. The summed E-state index contributed by atoms with van der Waals surface area (Å²) in [5.74, 6) is 0.823. The van der Waals surface area contributed by atoms with Crippen molar-refractivity contribution in [1.82, 2.24) is 9.80 Å². The fourth-order valence-corrected chi connectivity index (χ4v) is 4.31. The molecule has 0 spiro atoms. The minimum atomic E-state index is -0.298. The van der Waals surface area contributed by atoms with Gasteiger partial charge in [-0.25, -0.2) is 4.39 Å². The van der Waals surface area contributed by atoms with E-state index in [4.69, 9.17) is 9.47 Å². The normalized spacial score (nSPS) is 18.9. The number of halogens is 1. The van der Waals surface area contributed by atoms with Gasteiger partial charge < -0.3 is 14.4 Å². The van der Waals surface area contributed by atoms with Gasteiger partial charge >= 0.3 is 0 Å². The molecule has 30 heavy (non-hydrogen) atoms. The molecule has 0 bridgehead atoms. The third kappa shape index (κ3) is 5.30. The maximum atomic E-state index is 13.8. The molecule has 4 rings (SSSR count). The Morgan fingerprint density at radius 3 is 2.27 bits per heavy atom. The maximum absolute atomic E-state index is 13.8. The average molecular weight is 413 g/mol. The van der Waals surface area contributed by atoms with Crippen LogP contribution in [0.2, 0.25) is 0 Å². The zero-order chi connectivity index (χ0) is 20.8. The number of benzene rings is 2. The number of piperidine rings is 2. The number of amides is 1. The number of hydrogen-bond donors (Lipinski definition) is 0. The summed E-state index contributed by atoms with van der Waals surface area (Å²) in [5, 5.41) is 0. The van der Waals surface area contributed by atoms with Gasteiger partial charge in [0.15, 0.2) is 18.2 Å². The van der Waals surface area contributed by atoms with E-state index in [0.717, 1.165) is 57.6 Å². The van der Waals surface area contributed by atoms with Crippen LogP contribution in [0.25, 0.3) is 0 Å². The molecule has 2 aliphatic rings. The molecule has 0 aliphatic carbocycles. The van der Waals surface area contributed by atoms with Gasteiger partial charge in [-0.1, -0.05) is 30.3 Å². The van der Waals surface area contributed by atoms with E-state index >= 15 is 0 Å². The lowest BCUT2D eigenvalue weighted by Crippen LogP contribution is -2.50. The molecule has 2 aromatic carbocycles. The van der Waals surface area contributed by atoms with E-state index in [1.807, 2.05) is 35.2 Å². The summed E-state index contributed by atoms with van der Waals surface area (Å²) in [6.45, 7) is 3.54. The predicted octanol–water partition coefficient (Wildman–Crippen LogP) is 3.74. The highest BCUT2D eigenvalue weighted by Gasteiger charge is 2.30. The second-order valence-electron chi connectivity index (χ2n) is 8.00. The molecule has 0 aromatic heterocycles. The number of carbonyl (C=O) groups excluding carboxylic acids is 1. The summed E-state index contributed by atoms with van der Waals surface area (Å²) in [5.41, 5.74) is 0. The van der Waals surface area contributed by atoms with E-state index in [0.29, 0.717) is 11.8 Å². The number of ether oxygens (including phenoxy) is 2. The molecule has 0 radical (unpaired) electrons. The Balaban J connectivity index is 1.18. The van der Waals surface area contributed by atoms with Crippen LogP contribution in [0.5, 0.6) is 11.5 Å². The van der Waals surface area contributed by atoms with Crippen LogP contribution in [0.4, 0.5) is 4.39 Å². The Morgan fingerprint density at radius 2 is 1.57 bits per heavy atom. The van der Waals surface area contributed by atoms with Crippen molar-refractivity contribution in [2.75, 3.05) is 32.8 Å². The highest BCUT2D eigenvalue weighted by atomic mass is 19.1. The Labute approximate surface area is 177 Å². The van der Waals surface area contributed by atoms with Crippen molar-refractivity contribution in [3.63, 3.8) is 0 Å². The van der Waals surface area contributed by atoms with Gasteiger partial charge in [0.25, 0.3) is 5.91 Å². The topological polar surface area (TPSA) is 42.0 Å². The number of likely N-dealkylation sites (tertiary alicyclic amines) is 2. The predicted molar refractivity (Wildman–Crippen MR) is 113 cm³/mol. The molecule has 0 atom stereocenters. The van der Waals surface area contributed by atoms with E-state index in [-0.39, 0.29) is 24.4 Å². The molecule has 2 heterocycles. The minimum Gasteiger partial charge on any atom is -0.487 e. The van der Waals surface area contributed by atoms with Gasteiger partial charge in [0.05, 0.1) is 0 Å². The Hall–Kier alpha value is -2.60. The lowest BCUT2D eigenvalue weighted by molar-refractivity contribution is -0.135. The Morgan fingerprint density at radius 1 is 0.900 bits per heavy atom. The molecule has 0 saturated carbocycles. The van der Waals surface area contributed by atoms with Crippen LogP contribution in [0.1, 0.15) is 25.7 Å². The molecule has 1 amide bonds. The smallest absolute Gasteiger partial charge is 0.260 e. The van der Waals surface area contributed by atoms with Crippen LogP contribution < -0.4 is 9.47 Å². The molecule has 160 valence electrons. The molecule has 2 saturated heterocycles. The lowest BCUT2D eigenvalue weighted by Gasteiger charge is -2.41. The number of hydrogen-bond acceptors (Lipinski definition) is 4. The van der Waals surface area contributed by atoms with Crippen LogP contribution in [0.3, 0.4) is 0 Å². The second kappa shape index (κ2) is 9.94. The maximum Gasteiger partial charge on any atom is 0.260 e. The van der Waals surface area contributed by atoms with Gasteiger partial charge in [-0.2, -0.15) is 0 Å². The van der Waals surface area contributed by atoms with Crippen LogP contribution in [-0.2, 0) is 4.79 Å². The van der Waals surface area contributed by atoms with Gasteiger partial charge in [-0.05, 0) is 49.9 Å². The van der Waals surface area contributed by atoms with Crippen molar-refractivity contribution >= 4 is 5.91 Å². The first-order valence-corrected chi connectivity index (χ1v) is 10.8. The van der Waals surface area contributed by atoms with Crippen molar-refractivity contribution in [3.8, 4) is 11.5 Å². The molecule has 0 unspecified atom stereocenters. The molecule has 2 aromatic rings. The third-order valence-electron chi connectivity index (χ3n) is 6.05. The van der Waals surface area contributed by atoms with E-state index in [1.165, 1.54) is 6.07 Å². The number of rotatable bonds is 6. The third-order valence-corrected chi connectivity index (χ3v) is 6.05. The fourth-order valence-electron chi connectivity index (χ4n) is 4.31. The summed E-state index contributed by atoms with van der Waals surface area (Å²) in [6.07, 6.45) is 3.83. The van der Waals surface area contributed by atoms with Crippen molar-refractivity contribution in [3.05, 3.63) is 60.4 Å². The van der Waals surface area contributed by atoms with Gasteiger partial charge in [0, 0.05) is 32.2 Å². The molecule has 5 nitrogen and oxygen atoms in total. The quantitative estimate of drug-likeness (QED) is 0.725. The van der Waals surface area contributed by atoms with Crippen molar-refractivity contribution in [2.24, 2.45) is 0 Å². The summed E-state index contributed by atoms with van der Waals surface area (Å²) in [6, 6.07) is 16.5. The summed E-state index contributed by atoms with van der Waals surface area (Å²) in [7, 11) is 0. The van der Waals surface area contributed by atoms with Crippen LogP contribution in [0.15, 0.2) is 54.6 Å². The minimum absolute atomic E-state index is 0.0503. The van der Waals surface area contributed by atoms with Gasteiger partial charge in [-0.3, -0.25) is 9.69 Å². The van der Waals surface area contributed by atoms with Crippen molar-refractivity contribution < 1.29 is 18.7 Å². The number of nitrogens with zero attached hydrogens (tertiary/aromatic N) is 2. The van der Waals surface area contributed by atoms with E-state index in [1.54, 1.807) is 18.2 Å². The van der Waals surface area contributed by atoms with E-state index in [9.17, 15) is 9.18 Å². The first-order valence-electron chi connectivity index (χ1n) is 10.8. The summed E-state index contributed by atoms with van der Waals surface area (Å²) < 4.78 is 25.2. The first kappa shape index (κ1) is 20.7. The molecule has 0 N–H and O–H groups in total. The van der Waals surface area contributed by atoms with Crippen molar-refractivity contribution in [1.29, 1.82) is 0 Å². The van der Waals surface area contributed by atoms with Crippen LogP contribution in [-0.4, -0.2) is 60.6 Å². The molecule has 6 heteroatoms. The average Bonchev–Trinajstić information content (AvgIpc) is 2.80. The summed E-state index contributed by atoms with van der Waals surface area (Å²) >= 11 is 0. The summed E-state index contributed by atoms with van der Waals surface area (Å²) in [4.78, 5) is 16.9. The second-order valence-corrected chi connectivity index (χ2v) is 8.00. The molecular weight excluding hydrogens is 383 g/mol. The zero-order valence-electron chi connectivity index (χ0n) is 17.2. The lowest BCUT2D eigenvalue weighted by atomic mass is 9.99. The Bertz CT molecular complexity index is 816. The highest BCUT2D eigenvalue weighted by molar-refractivity contribution is 5.77. The van der Waals surface area contributed by atoms with Gasteiger partial charge in [-0.15, -0.1) is 0 Å². The van der Waals surface area contributed by atoms with Crippen LogP contribution >= 0.6 is 0 Å². The highest BCUT2D eigenvalue weighted by Crippen LogP contribution is 2.25. The van der Waals surface area contributed by atoms with Gasteiger partial charge in [0.1, 0.15) is 11.9 Å². The monoisotopic (exact) mass is 412 g/mol. The fraction of sp³-hybridized carbons (Fsp3) is 0.458. The SMILES string of the molecule is O=C(COc1ccccc1)N1CCC(N2CCC(Oc3ccccc3F)CC2)CC1. The standard InChI is InChI=1S/C24H29FN2O3/c25-22-8-4-5-9-23(22)30-21-12-16-26(17-13-21)19-10-14-27(15-11-19)24(28)18-29-20-6-2-1-3-7-20/h1-9,19,21H,10-18H2. The van der Waals surface area contributed by atoms with E-state index < -0.39 is 0 Å². The Kier molecular flexibility index (Phi) is 6.84. The number of carbonyl (C=O) groups is 1. The molecule has 2 fully saturated rings. The number of para-hydroxylation sites is 2. The molecular formula is C24H29FN2O3. The van der Waals surface area contributed by atoms with Crippen LogP contribution in [0, 0.1) is 5.82 Å². The largest absolute Gasteiger partial charge is 0.487 e. The first-order chi connectivity index (χ1) is 14.7. The van der Waals surface area contributed by atoms with Crippen molar-refractivity contribution in [2.45, 2.75) is 37.8 Å². The van der Waals surface area contributed by atoms with Gasteiger partial charge in [0.2, 0.25) is 0 Å². The molecule has 2 aliphatic heterocycles. The van der Waals surface area contributed by atoms with E-state index in [2.05, 4.69) is 4.90 Å².